The molecule has 0 saturated carbocycles. The number of hydrogen-bond donors (Lipinski definition) is 0. The molecule has 2 rings (SSSR count). The maximum atomic E-state index is 11.3. The van der Waals surface area contributed by atoms with Crippen molar-refractivity contribution < 1.29 is 18.7 Å². The maximum Gasteiger partial charge on any atom is 0.336 e. The average molecular weight is 274 g/mol. The van der Waals surface area contributed by atoms with Crippen molar-refractivity contribution in [3.8, 4) is 11.5 Å². The fourth-order valence-corrected chi connectivity index (χ4v) is 1.93. The Morgan fingerprint density at radius 2 is 2.00 bits per heavy atom. The summed E-state index contributed by atoms with van der Waals surface area (Å²) < 4.78 is 15.7. The van der Waals surface area contributed by atoms with Crippen LogP contribution in [0.4, 0.5) is 0 Å². The van der Waals surface area contributed by atoms with Crippen LogP contribution in [-0.2, 0) is 4.79 Å². The van der Waals surface area contributed by atoms with E-state index in [0.29, 0.717) is 28.0 Å². The van der Waals surface area contributed by atoms with Gasteiger partial charge in [-0.1, -0.05) is 0 Å². The first-order valence-electron chi connectivity index (χ1n) is 5.94. The number of carbonyl (C=O) groups excluding carboxylic acids is 1. The highest BCUT2D eigenvalue weighted by Gasteiger charge is 2.14. The van der Waals surface area contributed by atoms with Gasteiger partial charge in [-0.05, 0) is 25.1 Å². The third-order valence-electron chi connectivity index (χ3n) is 2.79. The van der Waals surface area contributed by atoms with Gasteiger partial charge in [-0.3, -0.25) is 4.79 Å². The second kappa shape index (κ2) is 5.61. The number of carbonyl (C=O) groups is 1. The molecule has 0 aliphatic carbocycles. The van der Waals surface area contributed by atoms with Gasteiger partial charge in [-0.2, -0.15) is 0 Å². The van der Waals surface area contributed by atoms with E-state index in [4.69, 9.17) is 13.9 Å². The van der Waals surface area contributed by atoms with Gasteiger partial charge in [0, 0.05) is 23.1 Å². The third kappa shape index (κ3) is 2.56. The number of ketones is 1. The number of fused-ring (bicyclic) bond motifs is 1. The SMILES string of the molecule is COc1cc2oc(=O)ccc2c(C=CC(C)=O)c1OC. The summed E-state index contributed by atoms with van der Waals surface area (Å²) in [5.74, 6) is 0.810. The highest BCUT2D eigenvalue weighted by molar-refractivity contribution is 5.97. The van der Waals surface area contributed by atoms with E-state index in [1.165, 1.54) is 33.3 Å². The van der Waals surface area contributed by atoms with E-state index in [9.17, 15) is 9.59 Å². The number of rotatable bonds is 4. The molecule has 0 aliphatic heterocycles. The highest BCUT2D eigenvalue weighted by atomic mass is 16.5. The normalized spacial score (nSPS) is 10.9. The van der Waals surface area contributed by atoms with Gasteiger partial charge in [0.25, 0.3) is 0 Å². The lowest BCUT2D eigenvalue weighted by Gasteiger charge is -2.12. The Morgan fingerprint density at radius 1 is 1.25 bits per heavy atom. The number of hydrogen-bond acceptors (Lipinski definition) is 5. The molecular weight excluding hydrogens is 260 g/mol. The molecule has 1 aromatic heterocycles. The molecule has 0 saturated heterocycles. The molecule has 2 aromatic rings. The molecule has 0 radical (unpaired) electrons. The second-order valence-corrected chi connectivity index (χ2v) is 4.14. The first-order chi connectivity index (χ1) is 9.56. The lowest BCUT2D eigenvalue weighted by atomic mass is 10.1. The summed E-state index contributed by atoms with van der Waals surface area (Å²) in [5.41, 5.74) is 0.547. The molecule has 0 aliphatic rings. The molecule has 5 heteroatoms. The molecule has 5 nitrogen and oxygen atoms in total. The van der Waals surface area contributed by atoms with Crippen LogP contribution in [0.15, 0.2) is 33.5 Å². The smallest absolute Gasteiger partial charge is 0.336 e. The fourth-order valence-electron chi connectivity index (χ4n) is 1.93. The molecule has 0 N–H and O–H groups in total. The molecular formula is C15H14O5. The van der Waals surface area contributed by atoms with Crippen LogP contribution in [-0.4, -0.2) is 20.0 Å². The van der Waals surface area contributed by atoms with Gasteiger partial charge < -0.3 is 13.9 Å². The van der Waals surface area contributed by atoms with Crippen LogP contribution in [0.1, 0.15) is 12.5 Å². The Kier molecular flexibility index (Phi) is 3.89. The number of allylic oxidation sites excluding steroid dienone is 1. The molecule has 20 heavy (non-hydrogen) atoms. The molecule has 0 spiro atoms. The molecule has 1 heterocycles. The fraction of sp³-hybridized carbons (Fsp3) is 0.200. The zero-order chi connectivity index (χ0) is 14.7. The van der Waals surface area contributed by atoms with E-state index in [1.54, 1.807) is 18.2 Å². The first kappa shape index (κ1) is 13.9. The minimum atomic E-state index is -0.453. The van der Waals surface area contributed by atoms with E-state index in [-0.39, 0.29) is 5.78 Å². The summed E-state index contributed by atoms with van der Waals surface area (Å²) in [6, 6.07) is 4.53. The van der Waals surface area contributed by atoms with Gasteiger partial charge in [0.15, 0.2) is 17.3 Å². The Labute approximate surface area is 115 Å². The van der Waals surface area contributed by atoms with Gasteiger partial charge >= 0.3 is 5.63 Å². The summed E-state index contributed by atoms with van der Waals surface area (Å²) >= 11 is 0. The lowest BCUT2D eigenvalue weighted by Crippen LogP contribution is -1.99. The summed E-state index contributed by atoms with van der Waals surface area (Å²) in [6.07, 6.45) is 3.04. The maximum absolute atomic E-state index is 11.3. The van der Waals surface area contributed by atoms with Gasteiger partial charge in [-0.15, -0.1) is 0 Å². The molecule has 104 valence electrons. The van der Waals surface area contributed by atoms with Crippen LogP contribution >= 0.6 is 0 Å². The number of methoxy groups -OCH3 is 2. The van der Waals surface area contributed by atoms with Gasteiger partial charge in [-0.25, -0.2) is 4.79 Å². The molecule has 0 bridgehead atoms. The van der Waals surface area contributed by atoms with Crippen molar-refractivity contribution in [2.24, 2.45) is 0 Å². The van der Waals surface area contributed by atoms with Crippen molar-refractivity contribution in [1.29, 1.82) is 0 Å². The van der Waals surface area contributed by atoms with Crippen molar-refractivity contribution in [2.45, 2.75) is 6.92 Å². The van der Waals surface area contributed by atoms with E-state index in [0.717, 1.165) is 0 Å². The van der Waals surface area contributed by atoms with Crippen molar-refractivity contribution >= 4 is 22.8 Å². The summed E-state index contributed by atoms with van der Waals surface area (Å²) in [4.78, 5) is 22.4. The topological polar surface area (TPSA) is 65.7 Å². The van der Waals surface area contributed by atoms with E-state index < -0.39 is 5.63 Å². The van der Waals surface area contributed by atoms with Crippen LogP contribution < -0.4 is 15.1 Å². The second-order valence-electron chi connectivity index (χ2n) is 4.14. The van der Waals surface area contributed by atoms with E-state index in [2.05, 4.69) is 0 Å². The Hall–Kier alpha value is -2.56. The average Bonchev–Trinajstić information content (AvgIpc) is 2.43. The van der Waals surface area contributed by atoms with Crippen molar-refractivity contribution in [3.05, 3.63) is 40.3 Å². The zero-order valence-electron chi connectivity index (χ0n) is 11.4. The predicted octanol–water partition coefficient (Wildman–Crippen LogP) is 2.41. The Balaban J connectivity index is 2.83. The van der Waals surface area contributed by atoms with Crippen LogP contribution in [0.25, 0.3) is 17.0 Å². The van der Waals surface area contributed by atoms with Crippen LogP contribution in [0.2, 0.25) is 0 Å². The van der Waals surface area contributed by atoms with E-state index >= 15 is 0 Å². The standard InChI is InChI=1S/C15H14O5/c1-9(16)4-5-11-10-6-7-14(17)20-12(10)8-13(18-2)15(11)19-3/h4-8H,1-3H3. The van der Waals surface area contributed by atoms with Gasteiger partial charge in [0.1, 0.15) is 5.58 Å². The number of benzene rings is 1. The minimum absolute atomic E-state index is 0.0968. The minimum Gasteiger partial charge on any atom is -0.493 e. The molecule has 0 amide bonds. The monoisotopic (exact) mass is 274 g/mol. The summed E-state index contributed by atoms with van der Waals surface area (Å²) in [6.45, 7) is 1.45. The molecule has 1 aromatic carbocycles. The lowest BCUT2D eigenvalue weighted by molar-refractivity contribution is -0.112. The van der Waals surface area contributed by atoms with Crippen LogP contribution in [0.5, 0.6) is 11.5 Å². The quantitative estimate of drug-likeness (QED) is 0.632. The van der Waals surface area contributed by atoms with Crippen molar-refractivity contribution in [2.75, 3.05) is 14.2 Å². The van der Waals surface area contributed by atoms with Gasteiger partial charge in [0.05, 0.1) is 14.2 Å². The van der Waals surface area contributed by atoms with Crippen molar-refractivity contribution in [1.82, 2.24) is 0 Å². The molecule has 0 unspecified atom stereocenters. The van der Waals surface area contributed by atoms with Crippen molar-refractivity contribution in [3.63, 3.8) is 0 Å². The third-order valence-corrected chi connectivity index (χ3v) is 2.79. The summed E-state index contributed by atoms with van der Waals surface area (Å²) in [7, 11) is 3.00. The zero-order valence-corrected chi connectivity index (χ0v) is 11.4. The Morgan fingerprint density at radius 3 is 2.60 bits per heavy atom. The number of ether oxygens (including phenoxy) is 2. The molecule has 0 fully saturated rings. The molecule has 0 atom stereocenters. The van der Waals surface area contributed by atoms with E-state index in [1.807, 2.05) is 0 Å². The Bertz CT molecular complexity index is 740. The highest BCUT2D eigenvalue weighted by Crippen LogP contribution is 2.37. The predicted molar refractivity (Wildman–Crippen MR) is 75.3 cm³/mol. The van der Waals surface area contributed by atoms with Gasteiger partial charge in [0.2, 0.25) is 0 Å². The largest absolute Gasteiger partial charge is 0.493 e. The first-order valence-corrected chi connectivity index (χ1v) is 5.94. The van der Waals surface area contributed by atoms with Crippen LogP contribution in [0, 0.1) is 0 Å². The van der Waals surface area contributed by atoms with Crippen LogP contribution in [0.3, 0.4) is 0 Å². The summed E-state index contributed by atoms with van der Waals surface area (Å²) in [5, 5.41) is 0.666.